The van der Waals surface area contributed by atoms with Crippen molar-refractivity contribution in [2.75, 3.05) is 5.32 Å². The summed E-state index contributed by atoms with van der Waals surface area (Å²) in [5.74, 6) is 0. The lowest BCUT2D eigenvalue weighted by Gasteiger charge is -2.08. The Morgan fingerprint density at radius 2 is 1.17 bits per heavy atom. The molecule has 30 heavy (non-hydrogen) atoms. The van der Waals surface area contributed by atoms with E-state index in [0.29, 0.717) is 0 Å². The van der Waals surface area contributed by atoms with E-state index in [1.807, 2.05) is 6.07 Å². The molecule has 0 radical (unpaired) electrons. The van der Waals surface area contributed by atoms with Crippen LogP contribution in [0.25, 0.3) is 43.8 Å². The maximum absolute atomic E-state index is 6.40. The predicted molar refractivity (Wildman–Crippen MR) is 126 cm³/mol. The lowest BCUT2D eigenvalue weighted by molar-refractivity contribution is 0.674. The Balaban J connectivity index is 1.43. The molecular weight excluding hydrogens is 366 g/mol. The van der Waals surface area contributed by atoms with Crippen LogP contribution in [0.2, 0.25) is 0 Å². The molecule has 6 aromatic rings. The highest BCUT2D eigenvalue weighted by molar-refractivity contribution is 6.17. The Morgan fingerprint density at radius 1 is 0.467 bits per heavy atom. The van der Waals surface area contributed by atoms with E-state index in [4.69, 9.17) is 4.42 Å². The first-order valence-electron chi connectivity index (χ1n) is 10.1. The molecule has 2 heteroatoms. The van der Waals surface area contributed by atoms with Gasteiger partial charge in [-0.15, -0.1) is 0 Å². The third-order valence-electron chi connectivity index (χ3n) is 5.66. The number of furan rings is 1. The number of anilines is 2. The van der Waals surface area contributed by atoms with Crippen molar-refractivity contribution < 1.29 is 4.42 Å². The van der Waals surface area contributed by atoms with E-state index >= 15 is 0 Å². The van der Waals surface area contributed by atoms with Gasteiger partial charge in [-0.1, -0.05) is 84.9 Å². The summed E-state index contributed by atoms with van der Waals surface area (Å²) in [5, 5.41) is 8.15. The SMILES string of the molecule is c1ccc(-c2ccc(Nc3cccc4c3oc3c5ccccc5ccc43)cc2)cc1. The third kappa shape index (κ3) is 2.73. The van der Waals surface area contributed by atoms with Crippen LogP contribution in [0.5, 0.6) is 0 Å². The lowest BCUT2D eigenvalue weighted by Crippen LogP contribution is -1.90. The van der Waals surface area contributed by atoms with Crippen LogP contribution in [0.15, 0.2) is 114 Å². The first-order chi connectivity index (χ1) is 14.9. The number of rotatable bonds is 3. The van der Waals surface area contributed by atoms with E-state index in [1.165, 1.54) is 16.5 Å². The molecule has 0 aliphatic heterocycles. The van der Waals surface area contributed by atoms with E-state index in [1.54, 1.807) is 0 Å². The van der Waals surface area contributed by atoms with Gasteiger partial charge >= 0.3 is 0 Å². The largest absolute Gasteiger partial charge is 0.453 e. The average molecular weight is 385 g/mol. The fourth-order valence-electron chi connectivity index (χ4n) is 4.16. The van der Waals surface area contributed by atoms with E-state index in [0.717, 1.165) is 38.7 Å². The highest BCUT2D eigenvalue weighted by Crippen LogP contribution is 2.38. The fraction of sp³-hybridized carbons (Fsp3) is 0. The number of para-hydroxylation sites is 1. The molecule has 0 bridgehead atoms. The molecule has 1 heterocycles. The van der Waals surface area contributed by atoms with E-state index < -0.39 is 0 Å². The molecule has 5 aromatic carbocycles. The number of hydrogen-bond donors (Lipinski definition) is 1. The Bertz CT molecular complexity index is 1490. The summed E-state index contributed by atoms with van der Waals surface area (Å²) in [6, 6.07) is 37.9. The lowest BCUT2D eigenvalue weighted by atomic mass is 10.1. The van der Waals surface area contributed by atoms with Gasteiger partial charge in [0.1, 0.15) is 5.58 Å². The first kappa shape index (κ1) is 16.9. The molecule has 0 aliphatic rings. The molecule has 6 rings (SSSR count). The summed E-state index contributed by atoms with van der Waals surface area (Å²) >= 11 is 0. The van der Waals surface area contributed by atoms with Gasteiger partial charge in [0.05, 0.1) is 5.69 Å². The minimum absolute atomic E-state index is 0.885. The van der Waals surface area contributed by atoms with Crippen LogP contribution in [-0.2, 0) is 0 Å². The highest BCUT2D eigenvalue weighted by atomic mass is 16.3. The number of hydrogen-bond acceptors (Lipinski definition) is 2. The summed E-state index contributed by atoms with van der Waals surface area (Å²) in [4.78, 5) is 0. The summed E-state index contributed by atoms with van der Waals surface area (Å²) in [5.41, 5.74) is 6.25. The Hall–Kier alpha value is -4.04. The van der Waals surface area contributed by atoms with Crippen molar-refractivity contribution in [1.82, 2.24) is 0 Å². The zero-order valence-electron chi connectivity index (χ0n) is 16.3. The second-order valence-corrected chi connectivity index (χ2v) is 7.52. The predicted octanol–water partition coefficient (Wildman–Crippen LogP) is 8.15. The highest BCUT2D eigenvalue weighted by Gasteiger charge is 2.13. The normalized spacial score (nSPS) is 11.3. The molecule has 1 N–H and O–H groups in total. The van der Waals surface area contributed by atoms with Crippen molar-refractivity contribution in [3.8, 4) is 11.1 Å². The van der Waals surface area contributed by atoms with Gasteiger partial charge < -0.3 is 9.73 Å². The molecule has 0 atom stereocenters. The van der Waals surface area contributed by atoms with E-state index in [9.17, 15) is 0 Å². The quantitative estimate of drug-likeness (QED) is 0.332. The van der Waals surface area contributed by atoms with Crippen molar-refractivity contribution in [2.45, 2.75) is 0 Å². The second kappa shape index (κ2) is 6.78. The molecule has 1 aromatic heterocycles. The number of fused-ring (bicyclic) bond motifs is 5. The van der Waals surface area contributed by atoms with Gasteiger partial charge in [0.15, 0.2) is 5.58 Å². The third-order valence-corrected chi connectivity index (χ3v) is 5.66. The topological polar surface area (TPSA) is 25.2 Å². The van der Waals surface area contributed by atoms with Gasteiger partial charge in [-0.25, -0.2) is 0 Å². The maximum atomic E-state index is 6.40. The Kier molecular flexibility index (Phi) is 3.82. The van der Waals surface area contributed by atoms with Gasteiger partial charge in [-0.3, -0.25) is 0 Å². The van der Waals surface area contributed by atoms with Crippen molar-refractivity contribution in [3.63, 3.8) is 0 Å². The summed E-state index contributed by atoms with van der Waals surface area (Å²) in [6.07, 6.45) is 0. The Morgan fingerprint density at radius 3 is 2.03 bits per heavy atom. The van der Waals surface area contributed by atoms with Crippen molar-refractivity contribution in [3.05, 3.63) is 109 Å². The summed E-state index contributed by atoms with van der Waals surface area (Å²) < 4.78 is 6.40. The minimum atomic E-state index is 0.885. The van der Waals surface area contributed by atoms with Crippen molar-refractivity contribution >= 4 is 44.1 Å². The fourth-order valence-corrected chi connectivity index (χ4v) is 4.16. The van der Waals surface area contributed by atoms with Crippen LogP contribution in [-0.4, -0.2) is 0 Å². The first-order valence-corrected chi connectivity index (χ1v) is 10.1. The number of benzene rings is 5. The van der Waals surface area contributed by atoms with E-state index in [2.05, 4.69) is 108 Å². The van der Waals surface area contributed by atoms with Crippen LogP contribution in [0.3, 0.4) is 0 Å². The smallest absolute Gasteiger partial charge is 0.158 e. The molecular formula is C28H19NO. The average Bonchev–Trinajstić information content (AvgIpc) is 3.21. The summed E-state index contributed by atoms with van der Waals surface area (Å²) in [6.45, 7) is 0. The summed E-state index contributed by atoms with van der Waals surface area (Å²) in [7, 11) is 0. The minimum Gasteiger partial charge on any atom is -0.453 e. The van der Waals surface area contributed by atoms with Gasteiger partial charge in [0.2, 0.25) is 0 Å². The number of nitrogens with one attached hydrogen (secondary N) is 1. The monoisotopic (exact) mass is 385 g/mol. The van der Waals surface area contributed by atoms with Crippen LogP contribution >= 0.6 is 0 Å². The van der Waals surface area contributed by atoms with Crippen molar-refractivity contribution in [2.24, 2.45) is 0 Å². The molecule has 0 saturated heterocycles. The van der Waals surface area contributed by atoms with Crippen LogP contribution in [0.1, 0.15) is 0 Å². The zero-order chi connectivity index (χ0) is 19.9. The van der Waals surface area contributed by atoms with Crippen LogP contribution in [0, 0.1) is 0 Å². The molecule has 2 nitrogen and oxygen atoms in total. The van der Waals surface area contributed by atoms with Gasteiger partial charge in [-0.2, -0.15) is 0 Å². The van der Waals surface area contributed by atoms with Crippen LogP contribution < -0.4 is 5.32 Å². The maximum Gasteiger partial charge on any atom is 0.158 e. The van der Waals surface area contributed by atoms with Gasteiger partial charge in [0.25, 0.3) is 0 Å². The van der Waals surface area contributed by atoms with Crippen molar-refractivity contribution in [1.29, 1.82) is 0 Å². The molecule has 0 saturated carbocycles. The molecule has 0 fully saturated rings. The molecule has 142 valence electrons. The molecule has 0 unspecified atom stereocenters. The van der Waals surface area contributed by atoms with Gasteiger partial charge in [0, 0.05) is 21.8 Å². The zero-order valence-corrected chi connectivity index (χ0v) is 16.3. The molecule has 0 aliphatic carbocycles. The van der Waals surface area contributed by atoms with E-state index in [-0.39, 0.29) is 0 Å². The van der Waals surface area contributed by atoms with Crippen LogP contribution in [0.4, 0.5) is 11.4 Å². The Labute approximate surface area is 174 Å². The second-order valence-electron chi connectivity index (χ2n) is 7.52. The van der Waals surface area contributed by atoms with Gasteiger partial charge in [-0.05, 0) is 40.8 Å². The molecule has 0 spiro atoms. The standard InChI is InChI=1S/C28H19NO/c1-2-7-19(8-3-1)20-13-16-22(17-14-20)29-26-12-6-11-24-25-18-15-21-9-4-5-10-23(21)27(25)30-28(24)26/h1-18,29H. The molecule has 0 amide bonds.